The van der Waals surface area contributed by atoms with Gasteiger partial charge in [-0.3, -0.25) is 29.4 Å². The lowest BCUT2D eigenvalue weighted by atomic mass is 9.95. The highest BCUT2D eigenvalue weighted by Gasteiger charge is 2.39. The maximum atomic E-state index is 13.9. The summed E-state index contributed by atoms with van der Waals surface area (Å²) in [6.07, 6.45) is 4.27. The number of fused-ring (bicyclic) bond motifs is 2. The van der Waals surface area contributed by atoms with Gasteiger partial charge < -0.3 is 30.5 Å². The summed E-state index contributed by atoms with van der Waals surface area (Å²) >= 11 is 0. The molecule has 0 bridgehead atoms. The van der Waals surface area contributed by atoms with Crippen molar-refractivity contribution in [1.82, 2.24) is 40.2 Å². The number of aromatic nitrogens is 4. The number of imide groups is 1. The van der Waals surface area contributed by atoms with Crippen LogP contribution in [0.2, 0.25) is 0 Å². The monoisotopic (exact) mass is 891 g/mol. The number of carbonyl (C=O) groups excluding carboxylic acids is 4. The van der Waals surface area contributed by atoms with Crippen LogP contribution in [0.4, 0.5) is 21.6 Å². The second kappa shape index (κ2) is 17.9. The molecule has 6 heterocycles. The summed E-state index contributed by atoms with van der Waals surface area (Å²) in [5.74, 6) is -0.551. The molecule has 17 heteroatoms. The summed E-state index contributed by atoms with van der Waals surface area (Å²) in [4.78, 5) is 68.1. The number of piperazine rings is 1. The summed E-state index contributed by atoms with van der Waals surface area (Å²) in [5.41, 5.74) is 14.1. The molecule has 0 spiro atoms. The first-order valence-corrected chi connectivity index (χ1v) is 22.4. The largest absolute Gasteiger partial charge is 0.496 e. The Balaban J connectivity index is 0.726. The number of benzene rings is 4. The maximum Gasteiger partial charge on any atom is 0.255 e. The fourth-order valence-electron chi connectivity index (χ4n) is 9.76. The molecule has 0 saturated carbocycles. The summed E-state index contributed by atoms with van der Waals surface area (Å²) < 4.78 is 20.9. The van der Waals surface area contributed by atoms with Crippen LogP contribution in [0.1, 0.15) is 57.5 Å². The van der Waals surface area contributed by atoms with Crippen molar-refractivity contribution in [1.29, 1.82) is 0 Å². The highest BCUT2D eigenvalue weighted by molar-refractivity contribution is 6.05. The van der Waals surface area contributed by atoms with E-state index >= 15 is 0 Å². The number of carbonyl (C=O) groups is 4. The Labute approximate surface area is 380 Å². The minimum absolute atomic E-state index is 0.123. The van der Waals surface area contributed by atoms with E-state index in [1.807, 2.05) is 36.4 Å². The van der Waals surface area contributed by atoms with E-state index in [0.29, 0.717) is 52.7 Å². The smallest absolute Gasteiger partial charge is 0.255 e. The van der Waals surface area contributed by atoms with E-state index in [0.717, 1.165) is 98.5 Å². The van der Waals surface area contributed by atoms with Gasteiger partial charge in [0.25, 0.3) is 11.8 Å². The molecule has 4 aliphatic heterocycles. The number of ether oxygens (including phenoxy) is 1. The van der Waals surface area contributed by atoms with Crippen molar-refractivity contribution in [2.24, 2.45) is 5.92 Å². The molecule has 0 aliphatic carbocycles. The van der Waals surface area contributed by atoms with Gasteiger partial charge in [0.05, 0.1) is 23.7 Å². The minimum Gasteiger partial charge on any atom is -0.496 e. The average molecular weight is 892 g/mol. The molecule has 66 heavy (non-hydrogen) atoms. The standard InChI is InChI=1S/C49H50FN11O5/c1-66-41-14-6-34(50)25-39(41)47(63)52-26-30-2-4-32(5-3-30)44-43-45(51)53-29-54-46(43)61(56-44)36-9-7-35(8-10-36)58-18-16-31(17-19-58)27-57-20-22-59(23-21-57)37-11-12-38-33(24-37)28-60(49(38)65)40-13-15-42(62)55-48(40)64/h2-12,14,24-25,29,31,40H,13,15-23,26-28H2,1H3,(H,52,63)(H2,51,53,54)(H,55,62,64)/t40-/m0/s1. The molecular formula is C49H50FN11O5. The number of hydrogen-bond acceptors (Lipinski definition) is 12. The van der Waals surface area contributed by atoms with Crippen molar-refractivity contribution in [3.8, 4) is 22.7 Å². The van der Waals surface area contributed by atoms with Crippen molar-refractivity contribution >= 4 is 51.9 Å². The molecule has 3 saturated heterocycles. The van der Waals surface area contributed by atoms with Gasteiger partial charge in [-0.05, 0) is 97.0 Å². The van der Waals surface area contributed by atoms with E-state index in [9.17, 15) is 23.6 Å². The molecular weight excluding hydrogens is 842 g/mol. The van der Waals surface area contributed by atoms with Crippen LogP contribution in [0.5, 0.6) is 5.75 Å². The van der Waals surface area contributed by atoms with Crippen LogP contribution < -0.4 is 30.9 Å². The quantitative estimate of drug-likeness (QED) is 0.149. The van der Waals surface area contributed by atoms with Crippen LogP contribution >= 0.6 is 0 Å². The van der Waals surface area contributed by atoms with Crippen LogP contribution in [0, 0.1) is 11.7 Å². The molecule has 0 unspecified atom stereocenters. The predicted octanol–water partition coefficient (Wildman–Crippen LogP) is 4.94. The SMILES string of the molecule is COc1ccc(F)cc1C(=O)NCc1ccc(-c2nn(-c3ccc(N4CCC(CN5CCN(c6ccc7c(c6)CN([C@H]6CCC(=O)NC6=O)C7=O)CC5)CC4)cc3)c3ncnc(N)c23)cc1. The van der Waals surface area contributed by atoms with Gasteiger partial charge in [0.15, 0.2) is 5.65 Å². The first kappa shape index (κ1) is 42.5. The van der Waals surface area contributed by atoms with Gasteiger partial charge >= 0.3 is 0 Å². The third-order valence-corrected chi connectivity index (χ3v) is 13.4. The van der Waals surface area contributed by atoms with Crippen molar-refractivity contribution in [2.45, 2.75) is 44.8 Å². The average Bonchev–Trinajstić information content (AvgIpc) is 3.89. The minimum atomic E-state index is -0.611. The number of piperidine rings is 2. The zero-order valence-corrected chi connectivity index (χ0v) is 36.6. The second-order valence-corrected chi connectivity index (χ2v) is 17.4. The third kappa shape index (κ3) is 8.37. The Morgan fingerprint density at radius 2 is 1.58 bits per heavy atom. The van der Waals surface area contributed by atoms with Gasteiger partial charge in [-0.25, -0.2) is 19.0 Å². The molecule has 0 radical (unpaired) electrons. The summed E-state index contributed by atoms with van der Waals surface area (Å²) in [6.45, 7) is 7.40. The van der Waals surface area contributed by atoms with Crippen LogP contribution in [0.15, 0.2) is 91.3 Å². The van der Waals surface area contributed by atoms with Crippen molar-refractivity contribution in [2.75, 3.05) is 68.5 Å². The second-order valence-electron chi connectivity index (χ2n) is 17.4. The summed E-state index contributed by atoms with van der Waals surface area (Å²) in [5, 5.41) is 10.8. The zero-order valence-electron chi connectivity index (χ0n) is 36.6. The van der Waals surface area contributed by atoms with Crippen LogP contribution in [0.3, 0.4) is 0 Å². The lowest BCUT2D eigenvalue weighted by Gasteiger charge is -2.40. The molecule has 338 valence electrons. The number of amides is 4. The van der Waals surface area contributed by atoms with Crippen molar-refractivity contribution in [3.63, 3.8) is 0 Å². The van der Waals surface area contributed by atoms with Gasteiger partial charge in [0.2, 0.25) is 11.8 Å². The van der Waals surface area contributed by atoms with E-state index in [4.69, 9.17) is 15.6 Å². The van der Waals surface area contributed by atoms with Gasteiger partial charge in [-0.1, -0.05) is 24.3 Å². The fourth-order valence-corrected chi connectivity index (χ4v) is 9.76. The number of rotatable bonds is 11. The van der Waals surface area contributed by atoms with Gasteiger partial charge in [-0.15, -0.1) is 0 Å². The Morgan fingerprint density at radius 3 is 2.32 bits per heavy atom. The molecule has 3 fully saturated rings. The van der Waals surface area contributed by atoms with Crippen molar-refractivity contribution < 1.29 is 28.3 Å². The summed E-state index contributed by atoms with van der Waals surface area (Å²) in [7, 11) is 1.44. The van der Waals surface area contributed by atoms with E-state index in [1.54, 1.807) is 9.58 Å². The fraction of sp³-hybridized carbons (Fsp3) is 0.327. The van der Waals surface area contributed by atoms with Crippen LogP contribution in [0.25, 0.3) is 28.0 Å². The Hall–Kier alpha value is -7.40. The molecule has 10 rings (SSSR count). The number of halogens is 1. The van der Waals surface area contributed by atoms with Crippen LogP contribution in [-0.2, 0) is 22.7 Å². The first-order chi connectivity index (χ1) is 32.1. The molecule has 4 N–H and O–H groups in total. The first-order valence-electron chi connectivity index (χ1n) is 22.4. The third-order valence-electron chi connectivity index (χ3n) is 13.4. The van der Waals surface area contributed by atoms with Gasteiger partial charge in [-0.2, -0.15) is 5.10 Å². The molecule has 16 nitrogen and oxygen atoms in total. The van der Waals surface area contributed by atoms with E-state index < -0.39 is 17.8 Å². The zero-order chi connectivity index (χ0) is 45.5. The highest BCUT2D eigenvalue weighted by atomic mass is 19.1. The maximum absolute atomic E-state index is 13.9. The number of nitrogens with one attached hydrogen (secondary N) is 2. The Morgan fingerprint density at radius 1 is 0.848 bits per heavy atom. The summed E-state index contributed by atoms with van der Waals surface area (Å²) in [6, 6.07) is 25.2. The normalized spacial score (nSPS) is 18.2. The van der Waals surface area contributed by atoms with Crippen molar-refractivity contribution in [3.05, 3.63) is 119 Å². The molecule has 1 atom stereocenters. The van der Waals surface area contributed by atoms with E-state index in [-0.39, 0.29) is 36.3 Å². The van der Waals surface area contributed by atoms with Gasteiger partial charge in [0, 0.05) is 87.8 Å². The van der Waals surface area contributed by atoms with Crippen LogP contribution in [-0.4, -0.2) is 112 Å². The van der Waals surface area contributed by atoms with E-state index in [2.05, 4.69) is 65.6 Å². The topological polar surface area (TPSA) is 184 Å². The number of anilines is 3. The molecule has 2 aromatic heterocycles. The number of methoxy groups -OCH3 is 1. The molecule has 6 aromatic rings. The number of hydrogen-bond donors (Lipinski definition) is 3. The number of nitrogen functional groups attached to an aromatic ring is 1. The Bertz CT molecular complexity index is 2840. The predicted molar refractivity (Wildman–Crippen MR) is 247 cm³/mol. The number of nitrogens with zero attached hydrogens (tertiary/aromatic N) is 8. The lowest BCUT2D eigenvalue weighted by molar-refractivity contribution is -0.136. The molecule has 4 amide bonds. The molecule has 4 aliphatic rings. The molecule has 4 aromatic carbocycles. The number of nitrogens with two attached hydrogens (primary N) is 1. The van der Waals surface area contributed by atoms with Gasteiger partial charge in [0.1, 0.15) is 35.4 Å². The highest BCUT2D eigenvalue weighted by Crippen LogP contribution is 2.34. The lowest BCUT2D eigenvalue weighted by Crippen LogP contribution is -2.52. The van der Waals surface area contributed by atoms with E-state index in [1.165, 1.54) is 25.6 Å². The Kier molecular flexibility index (Phi) is 11.5.